The molecule has 0 bridgehead atoms. The summed E-state index contributed by atoms with van der Waals surface area (Å²) in [6.07, 6.45) is 4.60. The Balaban J connectivity index is 1.21. The molecule has 4 aromatic rings. The van der Waals surface area contributed by atoms with Crippen LogP contribution in [0, 0.1) is 0 Å². The monoisotopic (exact) mass is 377 g/mol. The van der Waals surface area contributed by atoms with Gasteiger partial charge in [0, 0.05) is 30.1 Å². The molecule has 6 nitrogen and oxygen atoms in total. The van der Waals surface area contributed by atoms with Crippen molar-refractivity contribution in [2.24, 2.45) is 0 Å². The van der Waals surface area contributed by atoms with Gasteiger partial charge in [0.25, 0.3) is 0 Å². The minimum Gasteiger partial charge on any atom is -0.466 e. The number of hydrogen-bond donors (Lipinski definition) is 2. The van der Waals surface area contributed by atoms with E-state index in [0.717, 1.165) is 29.4 Å². The summed E-state index contributed by atoms with van der Waals surface area (Å²) in [6.45, 7) is 0.837. The fourth-order valence-electron chi connectivity index (χ4n) is 3.57. The summed E-state index contributed by atoms with van der Waals surface area (Å²) in [7, 11) is 0. The number of fused-ring (bicyclic) bond motifs is 2. The van der Waals surface area contributed by atoms with Crippen LogP contribution in [0.1, 0.15) is 24.8 Å². The van der Waals surface area contributed by atoms with Gasteiger partial charge in [-0.1, -0.05) is 30.3 Å². The number of nitrogens with zero attached hydrogens (tertiary/aromatic N) is 1. The summed E-state index contributed by atoms with van der Waals surface area (Å²) >= 11 is 0. The van der Waals surface area contributed by atoms with Crippen molar-refractivity contribution in [3.05, 3.63) is 70.8 Å². The summed E-state index contributed by atoms with van der Waals surface area (Å²) in [5, 5.41) is 1.21. The van der Waals surface area contributed by atoms with Gasteiger partial charge in [-0.15, -0.1) is 0 Å². The lowest BCUT2D eigenvalue weighted by atomic mass is 10.1. The fourth-order valence-corrected chi connectivity index (χ4v) is 3.57. The number of imidazole rings is 1. The molecule has 2 aromatic heterocycles. The lowest BCUT2D eigenvalue weighted by Crippen LogP contribution is -2.18. The lowest BCUT2D eigenvalue weighted by Gasteiger charge is -2.06. The van der Waals surface area contributed by atoms with Crippen molar-refractivity contribution in [1.82, 2.24) is 14.5 Å². The van der Waals surface area contributed by atoms with Crippen LogP contribution in [0.5, 0.6) is 0 Å². The molecule has 2 aromatic carbocycles. The normalized spacial score (nSPS) is 11.3. The number of carbonyl (C=O) groups is 1. The number of aryl methyl sites for hydroxylation is 2. The Morgan fingerprint density at radius 2 is 1.79 bits per heavy atom. The second kappa shape index (κ2) is 8.17. The standard InChI is InChI=1S/C22H23N3O3/c26-21(12-5-7-16-15-23-18-9-2-1-8-17(16)18)28-14-6-13-25-20-11-4-3-10-19(20)24-22(25)27/h1-4,8-11,15,23H,5-7,12-14H2,(H,24,27). The fraction of sp³-hybridized carbons (Fsp3) is 0.273. The van der Waals surface area contributed by atoms with Crippen LogP contribution in [0.15, 0.2) is 59.5 Å². The molecule has 0 atom stereocenters. The number of ether oxygens (including phenoxy) is 1. The first-order valence-electron chi connectivity index (χ1n) is 9.60. The van der Waals surface area contributed by atoms with E-state index in [0.29, 0.717) is 26.0 Å². The third kappa shape index (κ3) is 3.86. The van der Waals surface area contributed by atoms with Gasteiger partial charge in [0.05, 0.1) is 17.6 Å². The highest BCUT2D eigenvalue weighted by molar-refractivity contribution is 5.83. The molecule has 4 rings (SSSR count). The van der Waals surface area contributed by atoms with E-state index in [4.69, 9.17) is 4.74 Å². The SMILES string of the molecule is O=C(CCCc1c[nH]c2ccccc12)OCCCn1c(=O)[nH]c2ccccc21. The number of aromatic nitrogens is 3. The molecule has 2 heterocycles. The molecule has 6 heteroatoms. The molecule has 0 amide bonds. The summed E-state index contributed by atoms with van der Waals surface area (Å²) in [5.74, 6) is -0.189. The first-order valence-corrected chi connectivity index (χ1v) is 9.60. The number of H-pyrrole nitrogens is 2. The van der Waals surface area contributed by atoms with Crippen LogP contribution < -0.4 is 5.69 Å². The first kappa shape index (κ1) is 18.1. The van der Waals surface area contributed by atoms with E-state index in [1.807, 2.05) is 48.7 Å². The van der Waals surface area contributed by atoms with E-state index in [2.05, 4.69) is 16.0 Å². The van der Waals surface area contributed by atoms with Crippen LogP contribution in [0.25, 0.3) is 21.9 Å². The van der Waals surface area contributed by atoms with Crippen LogP contribution in [-0.4, -0.2) is 27.1 Å². The van der Waals surface area contributed by atoms with E-state index >= 15 is 0 Å². The molecule has 0 radical (unpaired) electrons. The molecule has 0 aliphatic heterocycles. The van der Waals surface area contributed by atoms with Gasteiger partial charge in [-0.25, -0.2) is 4.79 Å². The Labute approximate surface area is 162 Å². The predicted molar refractivity (Wildman–Crippen MR) is 109 cm³/mol. The second-order valence-electron chi connectivity index (χ2n) is 6.89. The minimum absolute atomic E-state index is 0.133. The Bertz CT molecular complexity index is 1150. The van der Waals surface area contributed by atoms with E-state index in [1.165, 1.54) is 10.9 Å². The van der Waals surface area contributed by atoms with Gasteiger partial charge in [0.2, 0.25) is 0 Å². The summed E-state index contributed by atoms with van der Waals surface area (Å²) in [4.78, 5) is 30.1. The predicted octanol–water partition coefficient (Wildman–Crippen LogP) is 3.77. The van der Waals surface area contributed by atoms with Gasteiger partial charge in [-0.05, 0) is 43.0 Å². The summed E-state index contributed by atoms with van der Waals surface area (Å²) < 4.78 is 7.01. The largest absolute Gasteiger partial charge is 0.466 e. The quantitative estimate of drug-likeness (QED) is 0.362. The van der Waals surface area contributed by atoms with Crippen LogP contribution in [-0.2, 0) is 22.5 Å². The Morgan fingerprint density at radius 1 is 1.00 bits per heavy atom. The molecule has 0 aliphatic carbocycles. The number of hydrogen-bond acceptors (Lipinski definition) is 3. The van der Waals surface area contributed by atoms with Gasteiger partial charge in [0.1, 0.15) is 0 Å². The maximum absolute atomic E-state index is 12.0. The maximum atomic E-state index is 12.0. The van der Waals surface area contributed by atoms with Crippen LogP contribution in [0.4, 0.5) is 0 Å². The van der Waals surface area contributed by atoms with Gasteiger partial charge >= 0.3 is 11.7 Å². The molecule has 0 spiro atoms. The smallest absolute Gasteiger partial charge is 0.326 e. The molecular weight excluding hydrogens is 354 g/mol. The lowest BCUT2D eigenvalue weighted by molar-refractivity contribution is -0.143. The Morgan fingerprint density at radius 3 is 2.68 bits per heavy atom. The number of esters is 1. The topological polar surface area (TPSA) is 79.9 Å². The zero-order chi connectivity index (χ0) is 19.3. The van der Waals surface area contributed by atoms with Crippen molar-refractivity contribution in [3.8, 4) is 0 Å². The maximum Gasteiger partial charge on any atom is 0.326 e. The van der Waals surface area contributed by atoms with Gasteiger partial charge in [-0.3, -0.25) is 9.36 Å². The van der Waals surface area contributed by atoms with Crippen molar-refractivity contribution in [1.29, 1.82) is 0 Å². The zero-order valence-corrected chi connectivity index (χ0v) is 15.6. The third-order valence-corrected chi connectivity index (χ3v) is 4.97. The van der Waals surface area contributed by atoms with Gasteiger partial charge < -0.3 is 14.7 Å². The molecule has 0 aliphatic rings. The highest BCUT2D eigenvalue weighted by atomic mass is 16.5. The third-order valence-electron chi connectivity index (χ3n) is 4.97. The van der Waals surface area contributed by atoms with Gasteiger partial charge in [-0.2, -0.15) is 0 Å². The number of rotatable bonds is 8. The number of nitrogens with one attached hydrogen (secondary N) is 2. The molecular formula is C22H23N3O3. The minimum atomic E-state index is -0.189. The molecule has 0 saturated heterocycles. The van der Waals surface area contributed by atoms with Crippen molar-refractivity contribution in [2.45, 2.75) is 32.2 Å². The molecule has 28 heavy (non-hydrogen) atoms. The van der Waals surface area contributed by atoms with Crippen molar-refractivity contribution < 1.29 is 9.53 Å². The molecule has 2 N–H and O–H groups in total. The van der Waals surface area contributed by atoms with Crippen LogP contribution in [0.2, 0.25) is 0 Å². The average molecular weight is 377 g/mol. The van der Waals surface area contributed by atoms with Crippen molar-refractivity contribution >= 4 is 27.9 Å². The number of benzene rings is 2. The van der Waals surface area contributed by atoms with Crippen molar-refractivity contribution in [3.63, 3.8) is 0 Å². The average Bonchev–Trinajstić information content (AvgIpc) is 3.26. The summed E-state index contributed by atoms with van der Waals surface area (Å²) in [6, 6.07) is 15.7. The number of aromatic amines is 2. The Hall–Kier alpha value is -3.28. The number of para-hydroxylation sites is 3. The summed E-state index contributed by atoms with van der Waals surface area (Å²) in [5.41, 5.74) is 3.90. The molecule has 0 unspecified atom stereocenters. The Kier molecular flexibility index (Phi) is 5.28. The first-order chi connectivity index (χ1) is 13.7. The molecule has 0 fully saturated rings. The van der Waals surface area contributed by atoms with Crippen LogP contribution >= 0.6 is 0 Å². The van der Waals surface area contributed by atoms with E-state index in [-0.39, 0.29) is 11.7 Å². The van der Waals surface area contributed by atoms with Crippen LogP contribution in [0.3, 0.4) is 0 Å². The molecule has 0 saturated carbocycles. The van der Waals surface area contributed by atoms with E-state index in [1.54, 1.807) is 4.57 Å². The van der Waals surface area contributed by atoms with E-state index in [9.17, 15) is 9.59 Å². The molecule has 144 valence electrons. The number of carbonyl (C=O) groups excluding carboxylic acids is 1. The zero-order valence-electron chi connectivity index (χ0n) is 15.6. The van der Waals surface area contributed by atoms with Crippen molar-refractivity contribution in [2.75, 3.05) is 6.61 Å². The highest BCUT2D eigenvalue weighted by Crippen LogP contribution is 2.19. The highest BCUT2D eigenvalue weighted by Gasteiger charge is 2.08. The second-order valence-corrected chi connectivity index (χ2v) is 6.89. The van der Waals surface area contributed by atoms with Gasteiger partial charge in [0.15, 0.2) is 0 Å². The van der Waals surface area contributed by atoms with E-state index < -0.39 is 0 Å².